The lowest BCUT2D eigenvalue weighted by Crippen LogP contribution is -2.49. The van der Waals surface area contributed by atoms with Crippen LogP contribution >= 0.6 is 0 Å². The van der Waals surface area contributed by atoms with Crippen molar-refractivity contribution < 1.29 is 19.1 Å². The van der Waals surface area contributed by atoms with Gasteiger partial charge in [-0.2, -0.15) is 0 Å². The van der Waals surface area contributed by atoms with E-state index in [-0.39, 0.29) is 17.7 Å². The summed E-state index contributed by atoms with van der Waals surface area (Å²) in [5.41, 5.74) is 1.93. The van der Waals surface area contributed by atoms with E-state index >= 15 is 0 Å². The van der Waals surface area contributed by atoms with Crippen LogP contribution in [-0.2, 0) is 25.5 Å². The summed E-state index contributed by atoms with van der Waals surface area (Å²) in [5, 5.41) is 0. The zero-order chi connectivity index (χ0) is 18.7. The zero-order valence-electron chi connectivity index (χ0n) is 15.0. The number of piperidine rings is 1. The van der Waals surface area contributed by atoms with Crippen molar-refractivity contribution in [3.05, 3.63) is 48.0 Å². The highest BCUT2D eigenvalue weighted by Gasteiger charge is 2.39. The molecule has 0 spiro atoms. The molecular weight excluding hydrogens is 332 g/mol. The molecule has 1 unspecified atom stereocenters. The predicted octanol–water partition coefficient (Wildman–Crippen LogP) is 1.71. The Hall–Kier alpha value is -2.63. The average Bonchev–Trinajstić information content (AvgIpc) is 2.71. The van der Waals surface area contributed by atoms with E-state index in [2.05, 4.69) is 6.58 Å². The van der Waals surface area contributed by atoms with Crippen molar-refractivity contribution >= 4 is 17.8 Å². The molecule has 2 heterocycles. The fraction of sp³-hybridized carbons (Fsp3) is 0.450. The summed E-state index contributed by atoms with van der Waals surface area (Å²) in [6.45, 7) is 5.08. The third-order valence-corrected chi connectivity index (χ3v) is 5.32. The van der Waals surface area contributed by atoms with E-state index in [1.165, 1.54) is 13.2 Å². The van der Waals surface area contributed by atoms with Crippen LogP contribution in [0.15, 0.2) is 36.9 Å². The van der Waals surface area contributed by atoms with Gasteiger partial charge in [0.1, 0.15) is 0 Å². The Morgan fingerprint density at radius 2 is 1.85 bits per heavy atom. The van der Waals surface area contributed by atoms with Crippen LogP contribution in [0.4, 0.5) is 0 Å². The largest absolute Gasteiger partial charge is 0.467 e. The van der Waals surface area contributed by atoms with Crippen molar-refractivity contribution in [3.63, 3.8) is 0 Å². The number of hydrogen-bond donors (Lipinski definition) is 0. The minimum atomic E-state index is -0.690. The van der Waals surface area contributed by atoms with Crippen molar-refractivity contribution in [3.8, 4) is 0 Å². The number of ether oxygens (including phenoxy) is 1. The van der Waals surface area contributed by atoms with Gasteiger partial charge in [-0.25, -0.2) is 4.79 Å². The number of methoxy groups -OCH3 is 1. The van der Waals surface area contributed by atoms with Crippen LogP contribution < -0.4 is 0 Å². The summed E-state index contributed by atoms with van der Waals surface area (Å²) in [7, 11) is 1.35. The third kappa shape index (κ3) is 3.36. The summed E-state index contributed by atoms with van der Waals surface area (Å²) in [5.74, 6) is -0.720. The lowest BCUT2D eigenvalue weighted by molar-refractivity contribution is -0.156. The monoisotopic (exact) mass is 356 g/mol. The quantitative estimate of drug-likeness (QED) is 0.611. The summed E-state index contributed by atoms with van der Waals surface area (Å²) in [6, 6.07) is 7.01. The van der Waals surface area contributed by atoms with Crippen molar-refractivity contribution in [2.75, 3.05) is 26.7 Å². The summed E-state index contributed by atoms with van der Waals surface area (Å²) in [4.78, 5) is 40.6. The van der Waals surface area contributed by atoms with Crippen molar-refractivity contribution in [1.82, 2.24) is 9.80 Å². The second-order valence-electron chi connectivity index (χ2n) is 6.71. The Balaban J connectivity index is 1.77. The van der Waals surface area contributed by atoms with Crippen LogP contribution in [-0.4, -0.2) is 54.3 Å². The van der Waals surface area contributed by atoms with Crippen LogP contribution in [0.2, 0.25) is 0 Å². The molecule has 0 radical (unpaired) electrons. The van der Waals surface area contributed by atoms with E-state index in [9.17, 15) is 14.4 Å². The number of amides is 2. The Bertz CT molecular complexity index is 722. The molecule has 2 amide bonds. The number of esters is 1. The fourth-order valence-electron chi connectivity index (χ4n) is 3.88. The van der Waals surface area contributed by atoms with E-state index in [1.807, 2.05) is 24.3 Å². The maximum absolute atomic E-state index is 13.1. The van der Waals surface area contributed by atoms with Crippen LogP contribution in [0, 0.1) is 5.92 Å². The van der Waals surface area contributed by atoms with E-state index in [1.54, 1.807) is 9.80 Å². The maximum Gasteiger partial charge on any atom is 0.333 e. The van der Waals surface area contributed by atoms with Gasteiger partial charge >= 0.3 is 5.97 Å². The first-order chi connectivity index (χ1) is 12.6. The van der Waals surface area contributed by atoms with Gasteiger partial charge in [0, 0.05) is 25.6 Å². The Morgan fingerprint density at radius 1 is 1.15 bits per heavy atom. The molecule has 1 aromatic carbocycles. The highest BCUT2D eigenvalue weighted by atomic mass is 16.5. The Labute approximate surface area is 153 Å². The highest BCUT2D eigenvalue weighted by Crippen LogP contribution is 2.33. The number of rotatable bonds is 3. The second-order valence-corrected chi connectivity index (χ2v) is 6.71. The molecule has 3 rings (SSSR count). The summed E-state index contributed by atoms with van der Waals surface area (Å²) >= 11 is 0. The maximum atomic E-state index is 13.1. The van der Waals surface area contributed by atoms with Crippen LogP contribution in [0.3, 0.4) is 0 Å². The molecule has 0 bridgehead atoms. The van der Waals surface area contributed by atoms with Gasteiger partial charge in [-0.1, -0.05) is 30.8 Å². The molecular formula is C20H24N2O4. The van der Waals surface area contributed by atoms with E-state index in [0.29, 0.717) is 32.5 Å². The van der Waals surface area contributed by atoms with Gasteiger partial charge in [0.15, 0.2) is 6.04 Å². The van der Waals surface area contributed by atoms with Gasteiger partial charge < -0.3 is 14.5 Å². The van der Waals surface area contributed by atoms with Crippen LogP contribution in [0.1, 0.15) is 30.0 Å². The number of nitrogens with zero attached hydrogens (tertiary/aromatic N) is 2. The number of fused-ring (bicyclic) bond motifs is 1. The molecule has 0 aliphatic carbocycles. The molecule has 0 saturated carbocycles. The first kappa shape index (κ1) is 18.2. The minimum absolute atomic E-state index is 0.0272. The molecule has 1 saturated heterocycles. The first-order valence-corrected chi connectivity index (χ1v) is 8.94. The Morgan fingerprint density at radius 3 is 2.50 bits per heavy atom. The molecule has 6 nitrogen and oxygen atoms in total. The van der Waals surface area contributed by atoms with Crippen molar-refractivity contribution in [1.29, 1.82) is 0 Å². The third-order valence-electron chi connectivity index (χ3n) is 5.32. The molecule has 1 aromatic rings. The molecule has 0 aromatic heterocycles. The standard InChI is InChI=1S/C20H24N2O4/c1-3-17(23)21-11-8-15(9-12-21)19(24)22-13-10-14-6-4-5-7-16(14)18(22)20(25)26-2/h3-7,15,18H,1,8-13H2,2H3. The highest BCUT2D eigenvalue weighted by molar-refractivity contribution is 5.89. The molecule has 1 fully saturated rings. The number of likely N-dealkylation sites (tertiary alicyclic amines) is 1. The molecule has 26 heavy (non-hydrogen) atoms. The van der Waals surface area contributed by atoms with Gasteiger partial charge in [-0.15, -0.1) is 0 Å². The predicted molar refractivity (Wildman–Crippen MR) is 96.1 cm³/mol. The van der Waals surface area contributed by atoms with Crippen molar-refractivity contribution in [2.24, 2.45) is 5.92 Å². The lowest BCUT2D eigenvalue weighted by atomic mass is 9.89. The number of hydrogen-bond acceptors (Lipinski definition) is 4. The Kier molecular flexibility index (Phi) is 5.40. The van der Waals surface area contributed by atoms with E-state index in [4.69, 9.17) is 4.74 Å². The van der Waals surface area contributed by atoms with E-state index in [0.717, 1.165) is 17.5 Å². The molecule has 138 valence electrons. The van der Waals surface area contributed by atoms with Crippen LogP contribution in [0.25, 0.3) is 0 Å². The van der Waals surface area contributed by atoms with Gasteiger partial charge in [-0.05, 0) is 36.5 Å². The van der Waals surface area contributed by atoms with Gasteiger partial charge in [0.2, 0.25) is 11.8 Å². The topological polar surface area (TPSA) is 66.9 Å². The number of carbonyl (C=O) groups is 3. The average molecular weight is 356 g/mol. The molecule has 2 aliphatic rings. The number of carbonyl (C=O) groups excluding carboxylic acids is 3. The minimum Gasteiger partial charge on any atom is -0.467 e. The number of benzene rings is 1. The normalized spacial score (nSPS) is 20.3. The molecule has 0 N–H and O–H groups in total. The van der Waals surface area contributed by atoms with Gasteiger partial charge in [0.05, 0.1) is 7.11 Å². The van der Waals surface area contributed by atoms with E-state index < -0.39 is 12.0 Å². The lowest BCUT2D eigenvalue weighted by Gasteiger charge is -2.39. The van der Waals surface area contributed by atoms with Crippen LogP contribution in [0.5, 0.6) is 0 Å². The molecule has 6 heteroatoms. The summed E-state index contributed by atoms with van der Waals surface area (Å²) < 4.78 is 4.98. The van der Waals surface area contributed by atoms with Crippen molar-refractivity contribution in [2.45, 2.75) is 25.3 Å². The smallest absolute Gasteiger partial charge is 0.333 e. The SMILES string of the molecule is C=CC(=O)N1CCC(C(=O)N2CCc3ccccc3C2C(=O)OC)CC1. The second kappa shape index (κ2) is 7.72. The molecule has 1 atom stereocenters. The zero-order valence-corrected chi connectivity index (χ0v) is 15.0. The summed E-state index contributed by atoms with van der Waals surface area (Å²) in [6.07, 6.45) is 3.23. The van der Waals surface area contributed by atoms with Gasteiger partial charge in [0.25, 0.3) is 0 Å². The first-order valence-electron chi connectivity index (χ1n) is 8.94. The molecule has 2 aliphatic heterocycles. The van der Waals surface area contributed by atoms with Gasteiger partial charge in [-0.3, -0.25) is 9.59 Å². The fourth-order valence-corrected chi connectivity index (χ4v) is 3.88.